The van der Waals surface area contributed by atoms with Gasteiger partial charge in [0.05, 0.1) is 6.61 Å². The minimum absolute atomic E-state index is 0.311. The predicted octanol–water partition coefficient (Wildman–Crippen LogP) is -0.336. The minimum atomic E-state index is -1.28. The Bertz CT molecular complexity index is 164. The molecule has 0 aromatic carbocycles. The molecular formula is C8H15NO3. The molecule has 0 radical (unpaired) electrons. The number of nitrogens with one attached hydrogen (secondary N) is 1. The Labute approximate surface area is 71.9 Å². The average molecular weight is 173 g/mol. The lowest BCUT2D eigenvalue weighted by atomic mass is 9.94. The standard InChI is InChI=1S/C8H15NO3/c1-2-12-7(10)8(11)4-3-5-9-6-8/h9,11H,2-6H2,1H3. The van der Waals surface area contributed by atoms with Crippen molar-refractivity contribution in [2.45, 2.75) is 25.4 Å². The molecule has 0 spiro atoms. The lowest BCUT2D eigenvalue weighted by Crippen LogP contribution is -2.52. The van der Waals surface area contributed by atoms with E-state index in [4.69, 9.17) is 4.74 Å². The van der Waals surface area contributed by atoms with Gasteiger partial charge in [-0.05, 0) is 26.3 Å². The second kappa shape index (κ2) is 3.87. The maximum atomic E-state index is 11.2. The molecule has 0 aromatic heterocycles. The van der Waals surface area contributed by atoms with E-state index in [-0.39, 0.29) is 0 Å². The fourth-order valence-electron chi connectivity index (χ4n) is 1.33. The van der Waals surface area contributed by atoms with E-state index in [0.717, 1.165) is 13.0 Å². The highest BCUT2D eigenvalue weighted by Gasteiger charge is 2.38. The summed E-state index contributed by atoms with van der Waals surface area (Å²) in [5.74, 6) is -0.503. The van der Waals surface area contributed by atoms with Crippen LogP contribution in [0.25, 0.3) is 0 Å². The van der Waals surface area contributed by atoms with E-state index in [1.54, 1.807) is 6.92 Å². The molecule has 1 saturated heterocycles. The van der Waals surface area contributed by atoms with Crippen molar-refractivity contribution in [3.63, 3.8) is 0 Å². The van der Waals surface area contributed by atoms with Crippen LogP contribution in [0, 0.1) is 0 Å². The molecule has 1 fully saturated rings. The van der Waals surface area contributed by atoms with Gasteiger partial charge < -0.3 is 15.2 Å². The van der Waals surface area contributed by atoms with Crippen LogP contribution in [0.15, 0.2) is 0 Å². The van der Waals surface area contributed by atoms with Crippen LogP contribution in [0.2, 0.25) is 0 Å². The molecule has 0 saturated carbocycles. The van der Waals surface area contributed by atoms with Crippen LogP contribution in [-0.2, 0) is 9.53 Å². The van der Waals surface area contributed by atoms with Gasteiger partial charge in [0, 0.05) is 6.54 Å². The highest BCUT2D eigenvalue weighted by molar-refractivity contribution is 5.79. The summed E-state index contributed by atoms with van der Waals surface area (Å²) < 4.78 is 4.76. The number of carbonyl (C=O) groups excluding carboxylic acids is 1. The first-order chi connectivity index (χ1) is 5.69. The van der Waals surface area contributed by atoms with Gasteiger partial charge in [-0.1, -0.05) is 0 Å². The Kier molecular flexibility index (Phi) is 3.05. The van der Waals surface area contributed by atoms with Gasteiger partial charge in [-0.2, -0.15) is 0 Å². The molecule has 0 aromatic rings. The number of ether oxygens (including phenoxy) is 1. The van der Waals surface area contributed by atoms with Gasteiger partial charge in [-0.3, -0.25) is 0 Å². The van der Waals surface area contributed by atoms with Crippen LogP contribution in [0.1, 0.15) is 19.8 Å². The first-order valence-corrected chi connectivity index (χ1v) is 4.29. The highest BCUT2D eigenvalue weighted by Crippen LogP contribution is 2.17. The summed E-state index contributed by atoms with van der Waals surface area (Å²) in [5.41, 5.74) is -1.28. The summed E-state index contributed by atoms with van der Waals surface area (Å²) in [6, 6.07) is 0. The Morgan fingerprint density at radius 1 is 1.75 bits per heavy atom. The van der Waals surface area contributed by atoms with Crippen molar-refractivity contribution in [3.05, 3.63) is 0 Å². The number of aliphatic hydroxyl groups is 1. The minimum Gasteiger partial charge on any atom is -0.464 e. The van der Waals surface area contributed by atoms with Gasteiger partial charge in [-0.25, -0.2) is 4.79 Å². The average Bonchev–Trinajstić information content (AvgIpc) is 2.06. The van der Waals surface area contributed by atoms with Crippen molar-refractivity contribution in [1.82, 2.24) is 5.32 Å². The van der Waals surface area contributed by atoms with E-state index < -0.39 is 11.6 Å². The predicted molar refractivity (Wildman–Crippen MR) is 43.7 cm³/mol. The van der Waals surface area contributed by atoms with Crippen molar-refractivity contribution >= 4 is 5.97 Å². The van der Waals surface area contributed by atoms with E-state index in [2.05, 4.69) is 5.32 Å². The molecule has 0 aliphatic carbocycles. The zero-order chi connectivity index (χ0) is 9.03. The van der Waals surface area contributed by atoms with E-state index in [0.29, 0.717) is 19.6 Å². The third kappa shape index (κ3) is 1.95. The second-order valence-electron chi connectivity index (χ2n) is 3.03. The Balaban J connectivity index is 2.50. The van der Waals surface area contributed by atoms with E-state index >= 15 is 0 Å². The van der Waals surface area contributed by atoms with Gasteiger partial charge in [0.25, 0.3) is 0 Å². The molecule has 1 aliphatic rings. The summed E-state index contributed by atoms with van der Waals surface area (Å²) in [7, 11) is 0. The Morgan fingerprint density at radius 3 is 3.00 bits per heavy atom. The molecule has 1 unspecified atom stereocenters. The molecule has 70 valence electrons. The Hall–Kier alpha value is -0.610. The van der Waals surface area contributed by atoms with Crippen molar-refractivity contribution in [2.24, 2.45) is 0 Å². The van der Waals surface area contributed by atoms with Crippen LogP contribution in [0.5, 0.6) is 0 Å². The summed E-state index contributed by atoms with van der Waals surface area (Å²) >= 11 is 0. The largest absolute Gasteiger partial charge is 0.464 e. The molecule has 1 atom stereocenters. The summed E-state index contributed by atoms with van der Waals surface area (Å²) in [6.07, 6.45) is 1.31. The smallest absolute Gasteiger partial charge is 0.339 e. The van der Waals surface area contributed by atoms with Gasteiger partial charge >= 0.3 is 5.97 Å². The van der Waals surface area contributed by atoms with Crippen molar-refractivity contribution in [2.75, 3.05) is 19.7 Å². The third-order valence-electron chi connectivity index (χ3n) is 2.02. The number of rotatable bonds is 2. The van der Waals surface area contributed by atoms with Crippen LogP contribution >= 0.6 is 0 Å². The lowest BCUT2D eigenvalue weighted by molar-refractivity contribution is -0.166. The maximum Gasteiger partial charge on any atom is 0.339 e. The second-order valence-corrected chi connectivity index (χ2v) is 3.03. The number of hydrogen-bond acceptors (Lipinski definition) is 4. The number of carbonyl (C=O) groups is 1. The SMILES string of the molecule is CCOC(=O)C1(O)CCCNC1. The maximum absolute atomic E-state index is 11.2. The molecule has 0 amide bonds. The fourth-order valence-corrected chi connectivity index (χ4v) is 1.33. The molecule has 1 heterocycles. The number of esters is 1. The van der Waals surface area contributed by atoms with E-state index in [1.165, 1.54) is 0 Å². The van der Waals surface area contributed by atoms with Crippen molar-refractivity contribution in [3.8, 4) is 0 Å². The summed E-state index contributed by atoms with van der Waals surface area (Å²) in [5, 5.41) is 12.7. The number of hydrogen-bond donors (Lipinski definition) is 2. The molecular weight excluding hydrogens is 158 g/mol. The van der Waals surface area contributed by atoms with E-state index in [9.17, 15) is 9.90 Å². The van der Waals surface area contributed by atoms with Crippen LogP contribution in [0.3, 0.4) is 0 Å². The van der Waals surface area contributed by atoms with Crippen LogP contribution < -0.4 is 5.32 Å². The quantitative estimate of drug-likeness (QED) is 0.561. The van der Waals surface area contributed by atoms with Crippen molar-refractivity contribution < 1.29 is 14.6 Å². The summed E-state index contributed by atoms with van der Waals surface area (Å²) in [4.78, 5) is 11.2. The zero-order valence-corrected chi connectivity index (χ0v) is 7.30. The molecule has 2 N–H and O–H groups in total. The van der Waals surface area contributed by atoms with Gasteiger partial charge in [-0.15, -0.1) is 0 Å². The Morgan fingerprint density at radius 2 is 2.50 bits per heavy atom. The molecule has 0 bridgehead atoms. The number of β-amino-alcohol motifs (C(OH)–C–C–N with tert-alkyl or cyclic N) is 1. The van der Waals surface area contributed by atoms with Crippen LogP contribution in [-0.4, -0.2) is 36.4 Å². The monoisotopic (exact) mass is 173 g/mol. The highest BCUT2D eigenvalue weighted by atomic mass is 16.5. The molecule has 1 aliphatic heterocycles. The van der Waals surface area contributed by atoms with Crippen molar-refractivity contribution in [1.29, 1.82) is 0 Å². The van der Waals surface area contributed by atoms with Crippen LogP contribution in [0.4, 0.5) is 0 Å². The molecule has 4 heteroatoms. The van der Waals surface area contributed by atoms with Gasteiger partial charge in [0.1, 0.15) is 0 Å². The topological polar surface area (TPSA) is 58.6 Å². The molecule has 1 rings (SSSR count). The molecule has 4 nitrogen and oxygen atoms in total. The number of piperidine rings is 1. The molecule has 12 heavy (non-hydrogen) atoms. The zero-order valence-electron chi connectivity index (χ0n) is 7.30. The first kappa shape index (κ1) is 9.48. The fraction of sp³-hybridized carbons (Fsp3) is 0.875. The van der Waals surface area contributed by atoms with E-state index in [1.807, 2.05) is 0 Å². The lowest BCUT2D eigenvalue weighted by Gasteiger charge is -2.29. The third-order valence-corrected chi connectivity index (χ3v) is 2.02. The van der Waals surface area contributed by atoms with Gasteiger partial charge in [0.2, 0.25) is 0 Å². The van der Waals surface area contributed by atoms with Gasteiger partial charge in [0.15, 0.2) is 5.60 Å². The first-order valence-electron chi connectivity index (χ1n) is 4.29. The summed E-state index contributed by atoms with van der Waals surface area (Å²) in [6.45, 7) is 3.23. The normalized spacial score (nSPS) is 29.8.